The van der Waals surface area contributed by atoms with E-state index in [4.69, 9.17) is 5.53 Å². The molecular weight excluding hydrogens is 289 g/mol. The summed E-state index contributed by atoms with van der Waals surface area (Å²) < 4.78 is 1.28. The van der Waals surface area contributed by atoms with Gasteiger partial charge in [0.25, 0.3) is 0 Å². The molecule has 0 aromatic carbocycles. The third-order valence-corrected chi connectivity index (χ3v) is 3.02. The molecule has 0 saturated carbocycles. The van der Waals surface area contributed by atoms with E-state index in [9.17, 15) is 0 Å². The van der Waals surface area contributed by atoms with Crippen molar-refractivity contribution in [3.05, 3.63) is 10.4 Å². The molecule has 0 aliphatic carbocycles. The number of rotatable bonds is 9. The summed E-state index contributed by atoms with van der Waals surface area (Å²) in [5.74, 6) is 0. The average molecular weight is 309 g/mol. The summed E-state index contributed by atoms with van der Waals surface area (Å²) in [5.41, 5.74) is 8.19. The summed E-state index contributed by atoms with van der Waals surface area (Å²) in [6.07, 6.45) is 8.94. The van der Waals surface area contributed by atoms with E-state index in [0.717, 1.165) is 6.42 Å². The van der Waals surface area contributed by atoms with E-state index in [2.05, 4.69) is 32.6 Å². The smallest absolute Gasteiger partial charge is 0.0345 e. The number of nitrogens with zero attached hydrogens (tertiary/aromatic N) is 3. The maximum absolute atomic E-state index is 8.19. The number of azide groups is 1. The lowest BCUT2D eigenvalue weighted by molar-refractivity contribution is 0.554. The molecule has 0 saturated heterocycles. The van der Waals surface area contributed by atoms with Crippen LogP contribution in [0.5, 0.6) is 0 Å². The van der Waals surface area contributed by atoms with Gasteiger partial charge in [0.05, 0.1) is 0 Å². The Hall–Kier alpha value is 0.0400. The lowest BCUT2D eigenvalue weighted by Gasteiger charge is -2.03. The van der Waals surface area contributed by atoms with Crippen LogP contribution in [0.2, 0.25) is 0 Å². The van der Waals surface area contributed by atoms with Gasteiger partial charge in [-0.2, -0.15) is 0 Å². The summed E-state index contributed by atoms with van der Waals surface area (Å²) in [5, 5.41) is 3.65. The van der Waals surface area contributed by atoms with Crippen molar-refractivity contribution >= 4 is 22.6 Å². The van der Waals surface area contributed by atoms with Gasteiger partial charge < -0.3 is 0 Å². The maximum Gasteiger partial charge on any atom is 0.0345 e. The zero-order chi connectivity index (χ0) is 10.6. The monoisotopic (exact) mass is 309 g/mol. The minimum absolute atomic E-state index is 0.175. The molecule has 82 valence electrons. The van der Waals surface area contributed by atoms with Crippen LogP contribution in [-0.2, 0) is 0 Å². The normalized spacial score (nSPS) is 12.1. The van der Waals surface area contributed by atoms with Crippen molar-refractivity contribution < 1.29 is 0 Å². The van der Waals surface area contributed by atoms with Crippen LogP contribution in [0.25, 0.3) is 10.4 Å². The maximum atomic E-state index is 8.19. The van der Waals surface area contributed by atoms with E-state index >= 15 is 0 Å². The van der Waals surface area contributed by atoms with Crippen molar-refractivity contribution in [3.8, 4) is 0 Å². The molecule has 0 aliphatic heterocycles. The second-order valence-electron chi connectivity index (χ2n) is 3.65. The predicted octanol–water partition coefficient (Wildman–Crippen LogP) is 4.85. The first-order valence-corrected chi connectivity index (χ1v) is 6.94. The van der Waals surface area contributed by atoms with Gasteiger partial charge in [-0.25, -0.2) is 0 Å². The van der Waals surface area contributed by atoms with E-state index in [1.807, 2.05) is 6.92 Å². The zero-order valence-electron chi connectivity index (χ0n) is 8.95. The third-order valence-electron chi connectivity index (χ3n) is 2.25. The molecule has 0 amide bonds. The quantitative estimate of drug-likeness (QED) is 0.146. The van der Waals surface area contributed by atoms with Crippen LogP contribution >= 0.6 is 22.6 Å². The molecule has 0 N–H and O–H groups in total. The minimum atomic E-state index is 0.175. The highest BCUT2D eigenvalue weighted by Gasteiger charge is 1.97. The largest absolute Gasteiger partial charge is 0.0909 e. The molecule has 0 bridgehead atoms. The van der Waals surface area contributed by atoms with Gasteiger partial charge in [0.1, 0.15) is 0 Å². The Morgan fingerprint density at radius 3 is 2.29 bits per heavy atom. The molecule has 0 aromatic heterocycles. The van der Waals surface area contributed by atoms with Gasteiger partial charge in [0, 0.05) is 11.0 Å². The molecule has 14 heavy (non-hydrogen) atoms. The van der Waals surface area contributed by atoms with E-state index in [1.54, 1.807) is 0 Å². The summed E-state index contributed by atoms with van der Waals surface area (Å²) in [7, 11) is 0. The van der Waals surface area contributed by atoms with Gasteiger partial charge >= 0.3 is 0 Å². The number of alkyl halides is 1. The summed E-state index contributed by atoms with van der Waals surface area (Å²) in [6.45, 7) is 1.98. The molecular formula is C10H20IN3. The topological polar surface area (TPSA) is 48.8 Å². The molecule has 0 aromatic rings. The van der Waals surface area contributed by atoms with Gasteiger partial charge in [-0.15, -0.1) is 0 Å². The van der Waals surface area contributed by atoms with Crippen LogP contribution in [-0.4, -0.2) is 10.5 Å². The van der Waals surface area contributed by atoms with Crippen LogP contribution in [0.4, 0.5) is 0 Å². The highest BCUT2D eigenvalue weighted by molar-refractivity contribution is 14.1. The van der Waals surface area contributed by atoms with Crippen LogP contribution in [0.3, 0.4) is 0 Å². The van der Waals surface area contributed by atoms with Gasteiger partial charge in [-0.3, -0.25) is 0 Å². The van der Waals surface area contributed by atoms with Gasteiger partial charge in [-0.1, -0.05) is 66.7 Å². The molecule has 1 unspecified atom stereocenters. The first kappa shape index (κ1) is 14.0. The van der Waals surface area contributed by atoms with Gasteiger partial charge in [-0.05, 0) is 22.8 Å². The third kappa shape index (κ3) is 10.1. The minimum Gasteiger partial charge on any atom is -0.0909 e. The van der Waals surface area contributed by atoms with E-state index in [-0.39, 0.29) is 6.04 Å². The predicted molar refractivity (Wildman–Crippen MR) is 69.8 cm³/mol. The second-order valence-corrected chi connectivity index (χ2v) is 4.73. The van der Waals surface area contributed by atoms with E-state index in [1.165, 1.54) is 43.0 Å². The molecule has 0 fully saturated rings. The fourth-order valence-corrected chi connectivity index (χ4v) is 1.93. The average Bonchev–Trinajstić information content (AvgIpc) is 2.17. The van der Waals surface area contributed by atoms with Crippen LogP contribution in [0.15, 0.2) is 5.11 Å². The lowest BCUT2D eigenvalue weighted by atomic mass is 10.1. The first-order valence-electron chi connectivity index (χ1n) is 5.41. The van der Waals surface area contributed by atoms with Crippen molar-refractivity contribution in [2.75, 3.05) is 4.43 Å². The number of hydrogen-bond acceptors (Lipinski definition) is 1. The Balaban J connectivity index is 3.09. The Labute approximate surface area is 100 Å². The summed E-state index contributed by atoms with van der Waals surface area (Å²) >= 11 is 2.43. The van der Waals surface area contributed by atoms with Gasteiger partial charge in [0.2, 0.25) is 0 Å². The highest BCUT2D eigenvalue weighted by atomic mass is 127. The number of halogens is 1. The van der Waals surface area contributed by atoms with Crippen LogP contribution in [0, 0.1) is 0 Å². The number of unbranched alkanes of at least 4 members (excludes halogenated alkanes) is 5. The van der Waals surface area contributed by atoms with Crippen molar-refractivity contribution in [3.63, 3.8) is 0 Å². The van der Waals surface area contributed by atoms with E-state index < -0.39 is 0 Å². The molecule has 0 spiro atoms. The molecule has 0 rings (SSSR count). The fourth-order valence-electron chi connectivity index (χ4n) is 1.39. The summed E-state index contributed by atoms with van der Waals surface area (Å²) in [6, 6.07) is 0.175. The SMILES string of the molecule is CC(CCCCCCCCI)N=[N+]=[N-]. The molecule has 4 heteroatoms. The van der Waals surface area contributed by atoms with Crippen molar-refractivity contribution in [1.29, 1.82) is 0 Å². The van der Waals surface area contributed by atoms with Crippen molar-refractivity contribution in [2.24, 2.45) is 5.11 Å². The lowest BCUT2D eigenvalue weighted by Crippen LogP contribution is -1.95. The number of hydrogen-bond donors (Lipinski definition) is 0. The van der Waals surface area contributed by atoms with Crippen LogP contribution in [0.1, 0.15) is 51.9 Å². The zero-order valence-corrected chi connectivity index (χ0v) is 11.1. The second kappa shape index (κ2) is 11.1. The first-order chi connectivity index (χ1) is 6.81. The Bertz CT molecular complexity index is 167. The molecule has 0 heterocycles. The van der Waals surface area contributed by atoms with E-state index in [0.29, 0.717) is 0 Å². The standard InChI is InChI=1S/C10H20IN3/c1-10(13-14-12)8-6-4-2-3-5-7-9-11/h10H,2-9H2,1H3. The van der Waals surface area contributed by atoms with Crippen molar-refractivity contribution in [2.45, 2.75) is 57.9 Å². The van der Waals surface area contributed by atoms with Crippen LogP contribution < -0.4 is 0 Å². The van der Waals surface area contributed by atoms with Gasteiger partial charge in [0.15, 0.2) is 0 Å². The molecule has 3 nitrogen and oxygen atoms in total. The molecule has 1 atom stereocenters. The highest BCUT2D eigenvalue weighted by Crippen LogP contribution is 2.10. The Morgan fingerprint density at radius 1 is 1.14 bits per heavy atom. The fraction of sp³-hybridized carbons (Fsp3) is 1.00. The van der Waals surface area contributed by atoms with Crippen molar-refractivity contribution in [1.82, 2.24) is 0 Å². The molecule has 0 aliphatic rings. The summed E-state index contributed by atoms with van der Waals surface area (Å²) in [4.78, 5) is 2.80. The Kier molecular flexibility index (Phi) is 11.1. The Morgan fingerprint density at radius 2 is 1.71 bits per heavy atom. The molecule has 0 radical (unpaired) electrons.